The number of piperidine rings is 1. The zero-order valence-electron chi connectivity index (χ0n) is 14.0. The number of ether oxygens (including phenoxy) is 1. The van der Waals surface area contributed by atoms with E-state index in [1.165, 1.54) is 0 Å². The Morgan fingerprint density at radius 1 is 1.42 bits per heavy atom. The molecule has 1 aromatic heterocycles. The highest BCUT2D eigenvalue weighted by atomic mass is 16.5. The van der Waals surface area contributed by atoms with Gasteiger partial charge in [0.05, 0.1) is 25.4 Å². The summed E-state index contributed by atoms with van der Waals surface area (Å²) in [6, 6.07) is 5.59. The Bertz CT molecular complexity index is 717. The molecule has 1 aliphatic heterocycles. The average Bonchev–Trinajstić information content (AvgIpc) is 2.97. The van der Waals surface area contributed by atoms with Gasteiger partial charge in [0, 0.05) is 30.1 Å². The van der Waals surface area contributed by atoms with Crippen molar-refractivity contribution in [3.05, 3.63) is 30.0 Å². The van der Waals surface area contributed by atoms with E-state index in [4.69, 9.17) is 14.9 Å². The van der Waals surface area contributed by atoms with Gasteiger partial charge in [0.15, 0.2) is 0 Å². The number of benzene rings is 1. The maximum Gasteiger partial charge on any atom is 0.227 e. The fourth-order valence-corrected chi connectivity index (χ4v) is 3.29. The second-order valence-electron chi connectivity index (χ2n) is 6.44. The van der Waals surface area contributed by atoms with Gasteiger partial charge < -0.3 is 24.9 Å². The van der Waals surface area contributed by atoms with Crippen LogP contribution in [0, 0.1) is 0 Å². The van der Waals surface area contributed by atoms with Crippen LogP contribution in [0.3, 0.4) is 0 Å². The number of nitrogens with zero attached hydrogens (tertiary/aromatic N) is 1. The molecule has 1 aromatic carbocycles. The van der Waals surface area contributed by atoms with Crippen molar-refractivity contribution in [1.82, 2.24) is 4.90 Å². The summed E-state index contributed by atoms with van der Waals surface area (Å²) in [6.45, 7) is 1.60. The van der Waals surface area contributed by atoms with E-state index in [0.29, 0.717) is 50.9 Å². The third-order valence-corrected chi connectivity index (χ3v) is 4.86. The number of furan rings is 1. The molecule has 6 nitrogen and oxygen atoms in total. The normalized spacial score (nSPS) is 17.2. The van der Waals surface area contributed by atoms with Crippen LogP contribution < -0.4 is 10.5 Å². The van der Waals surface area contributed by atoms with Crippen LogP contribution in [0.25, 0.3) is 11.0 Å². The number of carbonyl (C=O) groups excluding carboxylic acids is 1. The number of likely N-dealkylation sites (tertiary alicyclic amines) is 1. The molecule has 6 heteroatoms. The van der Waals surface area contributed by atoms with Crippen molar-refractivity contribution >= 4 is 16.9 Å². The maximum absolute atomic E-state index is 12.6. The van der Waals surface area contributed by atoms with E-state index in [2.05, 4.69) is 0 Å². The number of amides is 1. The Balaban J connectivity index is 1.65. The number of aliphatic hydroxyl groups is 1. The summed E-state index contributed by atoms with van der Waals surface area (Å²) in [5.74, 6) is 0.785. The molecule has 0 aliphatic carbocycles. The quantitative estimate of drug-likeness (QED) is 0.870. The van der Waals surface area contributed by atoms with Crippen molar-refractivity contribution in [3.8, 4) is 5.75 Å². The fourth-order valence-electron chi connectivity index (χ4n) is 3.29. The predicted octanol–water partition coefficient (Wildman–Crippen LogP) is 1.69. The first-order valence-electron chi connectivity index (χ1n) is 8.29. The number of nitrogens with two attached hydrogens (primary N) is 1. The first kappa shape index (κ1) is 16.8. The molecular weight excluding hydrogens is 308 g/mol. The second-order valence-corrected chi connectivity index (χ2v) is 6.44. The number of hydrogen-bond acceptors (Lipinski definition) is 5. The molecule has 0 radical (unpaired) electrons. The Hall–Kier alpha value is -2.05. The molecule has 1 fully saturated rings. The Labute approximate surface area is 141 Å². The largest absolute Gasteiger partial charge is 0.497 e. The lowest BCUT2D eigenvalue weighted by atomic mass is 9.88. The molecular formula is C18H24N2O4. The average molecular weight is 332 g/mol. The molecule has 0 bridgehead atoms. The van der Waals surface area contributed by atoms with E-state index >= 15 is 0 Å². The van der Waals surface area contributed by atoms with Crippen LogP contribution >= 0.6 is 0 Å². The maximum atomic E-state index is 12.6. The van der Waals surface area contributed by atoms with Crippen molar-refractivity contribution in [1.29, 1.82) is 0 Å². The van der Waals surface area contributed by atoms with Gasteiger partial charge in [0.1, 0.15) is 11.3 Å². The van der Waals surface area contributed by atoms with Crippen molar-refractivity contribution < 1.29 is 19.1 Å². The molecule has 2 heterocycles. The van der Waals surface area contributed by atoms with Crippen LogP contribution in [0.5, 0.6) is 5.75 Å². The van der Waals surface area contributed by atoms with Gasteiger partial charge in [-0.2, -0.15) is 0 Å². The molecule has 0 spiro atoms. The molecule has 0 unspecified atom stereocenters. The van der Waals surface area contributed by atoms with E-state index in [1.807, 2.05) is 23.1 Å². The number of carbonyl (C=O) groups is 1. The Morgan fingerprint density at radius 3 is 2.83 bits per heavy atom. The summed E-state index contributed by atoms with van der Waals surface area (Å²) < 4.78 is 10.7. The Kier molecular flexibility index (Phi) is 4.78. The number of hydrogen-bond donors (Lipinski definition) is 2. The van der Waals surface area contributed by atoms with Crippen LogP contribution in [-0.4, -0.2) is 48.3 Å². The molecule has 0 saturated carbocycles. The van der Waals surface area contributed by atoms with Crippen molar-refractivity contribution in [3.63, 3.8) is 0 Å². The van der Waals surface area contributed by atoms with E-state index in [9.17, 15) is 9.90 Å². The summed E-state index contributed by atoms with van der Waals surface area (Å²) in [6.07, 6.45) is 3.69. The molecule has 3 rings (SSSR count). The number of fused-ring (bicyclic) bond motifs is 1. The zero-order chi connectivity index (χ0) is 17.2. The van der Waals surface area contributed by atoms with Gasteiger partial charge in [-0.15, -0.1) is 0 Å². The second kappa shape index (κ2) is 6.83. The van der Waals surface area contributed by atoms with Crippen molar-refractivity contribution in [2.45, 2.75) is 31.3 Å². The summed E-state index contributed by atoms with van der Waals surface area (Å²) in [4.78, 5) is 14.4. The van der Waals surface area contributed by atoms with Crippen molar-refractivity contribution in [2.24, 2.45) is 5.73 Å². The van der Waals surface area contributed by atoms with Gasteiger partial charge in [0.2, 0.25) is 5.91 Å². The first-order chi connectivity index (χ1) is 11.5. The van der Waals surface area contributed by atoms with Gasteiger partial charge in [-0.05, 0) is 37.9 Å². The van der Waals surface area contributed by atoms with E-state index < -0.39 is 5.60 Å². The smallest absolute Gasteiger partial charge is 0.227 e. The van der Waals surface area contributed by atoms with Gasteiger partial charge in [-0.25, -0.2) is 0 Å². The topological polar surface area (TPSA) is 88.9 Å². The summed E-state index contributed by atoms with van der Waals surface area (Å²) in [7, 11) is 1.61. The SMILES string of the molecule is COc1ccc2c(CC(=O)N3CCC(O)(CCN)CC3)coc2c1. The zero-order valence-corrected chi connectivity index (χ0v) is 14.0. The van der Waals surface area contributed by atoms with Gasteiger partial charge >= 0.3 is 0 Å². The standard InChI is InChI=1S/C18H24N2O4/c1-23-14-2-3-15-13(12-24-16(15)11-14)10-17(21)20-8-5-18(22,4-7-19)6-9-20/h2-3,11-12,22H,4-10,19H2,1H3. The lowest BCUT2D eigenvalue weighted by molar-refractivity contribution is -0.134. The van der Waals surface area contributed by atoms with Gasteiger partial charge in [-0.1, -0.05) is 0 Å². The number of methoxy groups -OCH3 is 1. The summed E-state index contributed by atoms with van der Waals surface area (Å²) in [5, 5.41) is 11.3. The summed E-state index contributed by atoms with van der Waals surface area (Å²) in [5.41, 5.74) is 6.42. The molecule has 2 aromatic rings. The highest BCUT2D eigenvalue weighted by Crippen LogP contribution is 2.28. The summed E-state index contributed by atoms with van der Waals surface area (Å²) >= 11 is 0. The lowest BCUT2D eigenvalue weighted by Gasteiger charge is -2.38. The van der Waals surface area contributed by atoms with E-state index in [1.54, 1.807) is 13.4 Å². The molecule has 1 amide bonds. The predicted molar refractivity (Wildman–Crippen MR) is 90.9 cm³/mol. The number of rotatable bonds is 5. The van der Waals surface area contributed by atoms with Gasteiger partial charge in [0.25, 0.3) is 0 Å². The highest BCUT2D eigenvalue weighted by molar-refractivity contribution is 5.88. The lowest BCUT2D eigenvalue weighted by Crippen LogP contribution is -2.47. The fraction of sp³-hybridized carbons (Fsp3) is 0.500. The van der Waals surface area contributed by atoms with Crippen LogP contribution in [0.15, 0.2) is 28.9 Å². The first-order valence-corrected chi connectivity index (χ1v) is 8.29. The molecule has 3 N–H and O–H groups in total. The monoisotopic (exact) mass is 332 g/mol. The highest BCUT2D eigenvalue weighted by Gasteiger charge is 2.33. The van der Waals surface area contributed by atoms with Crippen LogP contribution in [0.4, 0.5) is 0 Å². The molecule has 1 saturated heterocycles. The molecule has 1 aliphatic rings. The van der Waals surface area contributed by atoms with E-state index in [-0.39, 0.29) is 5.91 Å². The minimum atomic E-state index is -0.718. The van der Waals surface area contributed by atoms with Crippen LogP contribution in [-0.2, 0) is 11.2 Å². The minimum absolute atomic E-state index is 0.0586. The van der Waals surface area contributed by atoms with E-state index in [0.717, 1.165) is 16.7 Å². The Morgan fingerprint density at radius 2 is 2.17 bits per heavy atom. The molecule has 0 atom stereocenters. The van der Waals surface area contributed by atoms with Crippen LogP contribution in [0.2, 0.25) is 0 Å². The third kappa shape index (κ3) is 3.39. The van der Waals surface area contributed by atoms with Crippen molar-refractivity contribution in [2.75, 3.05) is 26.7 Å². The third-order valence-electron chi connectivity index (χ3n) is 4.86. The molecule has 24 heavy (non-hydrogen) atoms. The van der Waals surface area contributed by atoms with Crippen LogP contribution in [0.1, 0.15) is 24.8 Å². The molecule has 130 valence electrons. The van der Waals surface area contributed by atoms with Gasteiger partial charge in [-0.3, -0.25) is 4.79 Å². The minimum Gasteiger partial charge on any atom is -0.497 e.